The molecule has 0 heterocycles. The molecule has 0 aliphatic rings. The molecule has 0 spiro atoms. The quantitative estimate of drug-likeness (QED) is 0.517. The molecule has 0 fully saturated rings. The molecule has 0 aliphatic carbocycles. The first kappa shape index (κ1) is 10.8. The lowest BCUT2D eigenvalue weighted by Gasteiger charge is -2.07. The zero-order valence-corrected chi connectivity index (χ0v) is 9.63. The lowest BCUT2D eigenvalue weighted by atomic mass is 10.0. The Morgan fingerprint density at radius 3 is 2.14 bits per heavy atom. The van der Waals surface area contributed by atoms with Gasteiger partial charge in [0.05, 0.1) is 6.21 Å². The highest BCUT2D eigenvalue weighted by atomic mass is 15.4. The molecule has 0 radical (unpaired) electrons. The fraction of sp³-hybridized carbons (Fsp3) is 0.417. The van der Waals surface area contributed by atoms with E-state index in [1.807, 2.05) is 20.3 Å². The van der Waals surface area contributed by atoms with Crippen LogP contribution in [0.4, 0.5) is 0 Å². The third-order valence-electron chi connectivity index (χ3n) is 2.31. The molecule has 0 unspecified atom stereocenters. The highest BCUT2D eigenvalue weighted by Gasteiger charge is 1.99. The molecule has 1 aromatic rings. The zero-order chi connectivity index (χ0) is 10.7. The van der Waals surface area contributed by atoms with Crippen molar-refractivity contribution in [3.05, 3.63) is 34.4 Å². The SMILES string of the molecule is Cc1cc(C)c(C=NN(C)C)cc1C. The number of benzene rings is 1. The molecule has 0 saturated carbocycles. The van der Waals surface area contributed by atoms with Crippen molar-refractivity contribution in [3.63, 3.8) is 0 Å². The third-order valence-corrected chi connectivity index (χ3v) is 2.31. The summed E-state index contributed by atoms with van der Waals surface area (Å²) >= 11 is 0. The fourth-order valence-corrected chi connectivity index (χ4v) is 1.30. The summed E-state index contributed by atoms with van der Waals surface area (Å²) in [5.41, 5.74) is 5.13. The first-order valence-electron chi connectivity index (χ1n) is 4.80. The zero-order valence-electron chi connectivity index (χ0n) is 9.63. The summed E-state index contributed by atoms with van der Waals surface area (Å²) in [4.78, 5) is 0. The van der Waals surface area contributed by atoms with E-state index in [0.717, 1.165) is 0 Å². The molecule has 1 aromatic carbocycles. The summed E-state index contributed by atoms with van der Waals surface area (Å²) in [6, 6.07) is 4.38. The van der Waals surface area contributed by atoms with Crippen LogP contribution in [0.25, 0.3) is 0 Å². The van der Waals surface area contributed by atoms with E-state index < -0.39 is 0 Å². The standard InChI is InChI=1S/C12H18N2/c1-9-6-11(3)12(7-10(9)2)8-13-14(4)5/h6-8H,1-5H3. The first-order valence-corrected chi connectivity index (χ1v) is 4.80. The molecule has 0 saturated heterocycles. The van der Waals surface area contributed by atoms with Crippen LogP contribution in [0.15, 0.2) is 17.2 Å². The van der Waals surface area contributed by atoms with Crippen LogP contribution in [0, 0.1) is 20.8 Å². The second-order valence-electron chi connectivity index (χ2n) is 3.88. The predicted octanol–water partition coefficient (Wildman–Crippen LogP) is 2.51. The van der Waals surface area contributed by atoms with Crippen LogP contribution in [0.5, 0.6) is 0 Å². The maximum atomic E-state index is 4.23. The fourth-order valence-electron chi connectivity index (χ4n) is 1.30. The van der Waals surface area contributed by atoms with Gasteiger partial charge in [0.1, 0.15) is 0 Å². The van der Waals surface area contributed by atoms with Gasteiger partial charge in [0.25, 0.3) is 0 Å². The van der Waals surface area contributed by atoms with Gasteiger partial charge in [-0.3, -0.25) is 0 Å². The summed E-state index contributed by atoms with van der Waals surface area (Å²) in [6.45, 7) is 6.38. The minimum atomic E-state index is 1.20. The van der Waals surface area contributed by atoms with Gasteiger partial charge in [0.2, 0.25) is 0 Å². The number of aryl methyl sites for hydroxylation is 3. The van der Waals surface area contributed by atoms with Crippen molar-refractivity contribution in [1.29, 1.82) is 0 Å². The lowest BCUT2D eigenvalue weighted by molar-refractivity contribution is 0.440. The normalized spacial score (nSPS) is 10.9. The molecule has 1 rings (SSSR count). The number of hydrogen-bond acceptors (Lipinski definition) is 2. The van der Waals surface area contributed by atoms with Gasteiger partial charge < -0.3 is 5.01 Å². The van der Waals surface area contributed by atoms with Gasteiger partial charge in [-0.05, 0) is 49.1 Å². The summed E-state index contributed by atoms with van der Waals surface area (Å²) in [5, 5.41) is 6.03. The van der Waals surface area contributed by atoms with Crippen LogP contribution < -0.4 is 0 Å². The molecule has 2 heteroatoms. The molecule has 14 heavy (non-hydrogen) atoms. The summed E-state index contributed by atoms with van der Waals surface area (Å²) in [6.07, 6.45) is 1.90. The van der Waals surface area contributed by atoms with E-state index in [4.69, 9.17) is 0 Å². The second kappa shape index (κ2) is 4.27. The van der Waals surface area contributed by atoms with Gasteiger partial charge in [0.15, 0.2) is 0 Å². The van der Waals surface area contributed by atoms with Crippen LogP contribution in [-0.2, 0) is 0 Å². The van der Waals surface area contributed by atoms with Crippen molar-refractivity contribution >= 4 is 6.21 Å². The number of nitrogens with zero attached hydrogens (tertiary/aromatic N) is 2. The van der Waals surface area contributed by atoms with Crippen LogP contribution >= 0.6 is 0 Å². The van der Waals surface area contributed by atoms with E-state index in [-0.39, 0.29) is 0 Å². The maximum Gasteiger partial charge on any atom is 0.0545 e. The van der Waals surface area contributed by atoms with Crippen LogP contribution in [0.1, 0.15) is 22.3 Å². The Morgan fingerprint density at radius 1 is 1.00 bits per heavy atom. The van der Waals surface area contributed by atoms with E-state index >= 15 is 0 Å². The molecule has 0 aliphatic heterocycles. The average molecular weight is 190 g/mol. The third kappa shape index (κ3) is 2.59. The number of hydrazone groups is 1. The van der Waals surface area contributed by atoms with Crippen molar-refractivity contribution in [2.45, 2.75) is 20.8 Å². The highest BCUT2D eigenvalue weighted by Crippen LogP contribution is 2.13. The van der Waals surface area contributed by atoms with Gasteiger partial charge in [0, 0.05) is 14.1 Å². The van der Waals surface area contributed by atoms with Crippen molar-refractivity contribution < 1.29 is 0 Å². The maximum absolute atomic E-state index is 4.23. The topological polar surface area (TPSA) is 15.6 Å². The molecule has 0 atom stereocenters. The summed E-state index contributed by atoms with van der Waals surface area (Å²) in [5.74, 6) is 0. The predicted molar refractivity (Wildman–Crippen MR) is 61.9 cm³/mol. The van der Waals surface area contributed by atoms with Crippen LogP contribution in [0.2, 0.25) is 0 Å². The van der Waals surface area contributed by atoms with E-state index in [1.165, 1.54) is 22.3 Å². The number of hydrogen-bond donors (Lipinski definition) is 0. The Kier molecular flexibility index (Phi) is 3.28. The van der Waals surface area contributed by atoms with Gasteiger partial charge >= 0.3 is 0 Å². The number of rotatable bonds is 2. The molecule has 2 nitrogen and oxygen atoms in total. The van der Waals surface area contributed by atoms with Crippen molar-refractivity contribution in [3.8, 4) is 0 Å². The molecule has 0 N–H and O–H groups in total. The van der Waals surface area contributed by atoms with E-state index in [1.54, 1.807) is 5.01 Å². The Morgan fingerprint density at radius 2 is 1.57 bits per heavy atom. The molecule has 0 amide bonds. The molecular formula is C12H18N2. The Labute approximate surface area is 86.2 Å². The minimum Gasteiger partial charge on any atom is -0.303 e. The highest BCUT2D eigenvalue weighted by molar-refractivity contribution is 5.82. The summed E-state index contributed by atoms with van der Waals surface area (Å²) in [7, 11) is 3.85. The van der Waals surface area contributed by atoms with Crippen molar-refractivity contribution in [2.75, 3.05) is 14.1 Å². The van der Waals surface area contributed by atoms with Gasteiger partial charge in [-0.25, -0.2) is 0 Å². The van der Waals surface area contributed by atoms with Crippen LogP contribution in [-0.4, -0.2) is 25.3 Å². The Hall–Kier alpha value is -1.31. The average Bonchev–Trinajstić information content (AvgIpc) is 2.09. The first-order chi connectivity index (χ1) is 6.50. The second-order valence-corrected chi connectivity index (χ2v) is 3.88. The van der Waals surface area contributed by atoms with Crippen molar-refractivity contribution in [2.24, 2.45) is 5.10 Å². The van der Waals surface area contributed by atoms with E-state index in [9.17, 15) is 0 Å². The van der Waals surface area contributed by atoms with Crippen LogP contribution in [0.3, 0.4) is 0 Å². The molecule has 76 valence electrons. The van der Waals surface area contributed by atoms with E-state index in [0.29, 0.717) is 0 Å². The van der Waals surface area contributed by atoms with Crippen molar-refractivity contribution in [1.82, 2.24) is 5.01 Å². The van der Waals surface area contributed by atoms with Gasteiger partial charge in [-0.1, -0.05) is 6.07 Å². The van der Waals surface area contributed by atoms with Gasteiger partial charge in [-0.2, -0.15) is 5.10 Å². The molecule has 0 aromatic heterocycles. The smallest absolute Gasteiger partial charge is 0.0545 e. The molecular weight excluding hydrogens is 172 g/mol. The monoisotopic (exact) mass is 190 g/mol. The summed E-state index contributed by atoms with van der Waals surface area (Å²) < 4.78 is 0. The Balaban J connectivity index is 3.04. The van der Waals surface area contributed by atoms with E-state index in [2.05, 4.69) is 38.0 Å². The largest absolute Gasteiger partial charge is 0.303 e. The lowest BCUT2D eigenvalue weighted by Crippen LogP contribution is -2.02. The molecule has 0 bridgehead atoms. The Bertz CT molecular complexity index is 352. The van der Waals surface area contributed by atoms with Gasteiger partial charge in [-0.15, -0.1) is 0 Å². The minimum absolute atomic E-state index is 1.20.